The Morgan fingerprint density at radius 3 is 2.87 bits per heavy atom. The predicted molar refractivity (Wildman–Crippen MR) is 92.9 cm³/mol. The molecular weight excluding hydrogens is 404 g/mol. The van der Waals surface area contributed by atoms with E-state index in [0.29, 0.717) is 20.8 Å². The van der Waals surface area contributed by atoms with Crippen molar-refractivity contribution in [2.45, 2.75) is 13.5 Å². The number of carbonyl (C=O) groups excluding carboxylic acids is 1. The first-order valence-corrected chi connectivity index (χ1v) is 8.52. The summed E-state index contributed by atoms with van der Waals surface area (Å²) in [7, 11) is 0. The smallest absolute Gasteiger partial charge is 0.348 e. The standard InChI is InChI=1S/C15H12BrClN2O3S/c1-2-21-15(20)13-10(9(6-18)14(19)23-13)7-22-12-4-3-8(17)5-11(12)16/h3-5H,2,7,19H2,1H3. The molecule has 2 aromatic rings. The molecule has 0 saturated heterocycles. The lowest BCUT2D eigenvalue weighted by atomic mass is 10.1. The van der Waals surface area contributed by atoms with Crippen molar-refractivity contribution in [2.75, 3.05) is 12.3 Å². The summed E-state index contributed by atoms with van der Waals surface area (Å²) in [6, 6.07) is 7.07. The van der Waals surface area contributed by atoms with Crippen LogP contribution in [0, 0.1) is 11.3 Å². The Morgan fingerprint density at radius 2 is 2.26 bits per heavy atom. The van der Waals surface area contributed by atoms with Crippen LogP contribution in [0.15, 0.2) is 22.7 Å². The second-order valence-corrected chi connectivity index (χ2v) is 6.69. The zero-order chi connectivity index (χ0) is 17.0. The Hall–Kier alpha value is -1.75. The molecule has 0 aliphatic carbocycles. The van der Waals surface area contributed by atoms with E-state index in [4.69, 9.17) is 26.8 Å². The van der Waals surface area contributed by atoms with Gasteiger partial charge in [-0.3, -0.25) is 0 Å². The molecule has 1 heterocycles. The summed E-state index contributed by atoms with van der Waals surface area (Å²) >= 11 is 10.3. The third kappa shape index (κ3) is 3.96. The SMILES string of the molecule is CCOC(=O)c1sc(N)c(C#N)c1COc1ccc(Cl)cc1Br. The summed E-state index contributed by atoms with van der Waals surface area (Å²) in [5.74, 6) is 0.0253. The molecule has 0 saturated carbocycles. The fourth-order valence-corrected chi connectivity index (χ4v) is 3.56. The highest BCUT2D eigenvalue weighted by Crippen LogP contribution is 2.34. The van der Waals surface area contributed by atoms with Gasteiger partial charge in [0, 0.05) is 10.6 Å². The van der Waals surface area contributed by atoms with Gasteiger partial charge in [0.15, 0.2) is 0 Å². The molecule has 2 rings (SSSR count). The van der Waals surface area contributed by atoms with Crippen molar-refractivity contribution in [3.63, 3.8) is 0 Å². The summed E-state index contributed by atoms with van der Waals surface area (Å²) in [6.45, 7) is 1.97. The number of hydrogen-bond acceptors (Lipinski definition) is 6. The number of thiophene rings is 1. The Bertz CT molecular complexity index is 786. The number of carbonyl (C=O) groups is 1. The van der Waals surface area contributed by atoms with Crippen LogP contribution in [0.1, 0.15) is 27.7 Å². The molecule has 0 fully saturated rings. The number of esters is 1. The summed E-state index contributed by atoms with van der Waals surface area (Å²) < 4.78 is 11.4. The average molecular weight is 416 g/mol. The molecule has 1 aromatic carbocycles. The van der Waals surface area contributed by atoms with Gasteiger partial charge in [0.2, 0.25) is 0 Å². The third-order valence-electron chi connectivity index (χ3n) is 2.87. The molecule has 0 amide bonds. The predicted octanol–water partition coefficient (Wildman–Crippen LogP) is 4.37. The first kappa shape index (κ1) is 17.6. The lowest BCUT2D eigenvalue weighted by molar-refractivity contribution is 0.0529. The van der Waals surface area contributed by atoms with E-state index < -0.39 is 5.97 Å². The van der Waals surface area contributed by atoms with Crippen molar-refractivity contribution < 1.29 is 14.3 Å². The fourth-order valence-electron chi connectivity index (χ4n) is 1.85. The number of nitrogens with two attached hydrogens (primary N) is 1. The minimum absolute atomic E-state index is 0.0188. The number of benzene rings is 1. The van der Waals surface area contributed by atoms with Gasteiger partial charge in [0.1, 0.15) is 28.3 Å². The van der Waals surface area contributed by atoms with Crippen molar-refractivity contribution in [1.29, 1.82) is 5.26 Å². The lowest BCUT2D eigenvalue weighted by Crippen LogP contribution is -2.08. The topological polar surface area (TPSA) is 85.3 Å². The van der Waals surface area contributed by atoms with Gasteiger partial charge in [-0.15, -0.1) is 11.3 Å². The van der Waals surface area contributed by atoms with E-state index in [2.05, 4.69) is 15.9 Å². The monoisotopic (exact) mass is 414 g/mol. The van der Waals surface area contributed by atoms with Crippen molar-refractivity contribution in [2.24, 2.45) is 0 Å². The number of hydrogen-bond donors (Lipinski definition) is 1. The number of nitrogen functional groups attached to an aromatic ring is 1. The van der Waals surface area contributed by atoms with Gasteiger partial charge in [-0.2, -0.15) is 5.26 Å². The van der Waals surface area contributed by atoms with Crippen LogP contribution in [-0.4, -0.2) is 12.6 Å². The molecule has 0 aliphatic heterocycles. The molecule has 0 aliphatic rings. The van der Waals surface area contributed by atoms with Crippen LogP contribution in [0.3, 0.4) is 0 Å². The second kappa shape index (κ2) is 7.68. The van der Waals surface area contributed by atoms with Crippen LogP contribution >= 0.6 is 38.9 Å². The van der Waals surface area contributed by atoms with Gasteiger partial charge in [0.25, 0.3) is 0 Å². The Labute approximate surface area is 150 Å². The normalized spacial score (nSPS) is 10.2. The maximum Gasteiger partial charge on any atom is 0.348 e. The molecule has 1 aromatic heterocycles. The number of ether oxygens (including phenoxy) is 2. The Kier molecular flexibility index (Phi) is 5.88. The number of nitriles is 1. The van der Waals surface area contributed by atoms with Gasteiger partial charge < -0.3 is 15.2 Å². The second-order valence-electron chi connectivity index (χ2n) is 4.34. The summed E-state index contributed by atoms with van der Waals surface area (Å²) in [6.07, 6.45) is 0. The largest absolute Gasteiger partial charge is 0.488 e. The molecule has 0 unspecified atom stereocenters. The number of nitrogens with zero attached hydrogens (tertiary/aromatic N) is 1. The molecule has 2 N–H and O–H groups in total. The zero-order valence-corrected chi connectivity index (χ0v) is 15.2. The van der Waals surface area contributed by atoms with Crippen LogP contribution in [0.4, 0.5) is 5.00 Å². The highest BCUT2D eigenvalue weighted by atomic mass is 79.9. The quantitative estimate of drug-likeness (QED) is 0.733. The van der Waals surface area contributed by atoms with Gasteiger partial charge >= 0.3 is 5.97 Å². The molecule has 8 heteroatoms. The summed E-state index contributed by atoms with van der Waals surface area (Å²) in [5, 5.41) is 10.1. The van der Waals surface area contributed by atoms with Gasteiger partial charge in [-0.1, -0.05) is 11.6 Å². The first-order valence-electron chi connectivity index (χ1n) is 6.54. The van der Waals surface area contributed by atoms with Gasteiger partial charge in [-0.05, 0) is 41.1 Å². The maximum atomic E-state index is 12.0. The van der Waals surface area contributed by atoms with Crippen LogP contribution in [0.25, 0.3) is 0 Å². The van der Waals surface area contributed by atoms with E-state index in [9.17, 15) is 10.1 Å². The highest BCUT2D eigenvalue weighted by molar-refractivity contribution is 9.10. The molecule has 5 nitrogen and oxygen atoms in total. The first-order chi connectivity index (χ1) is 11.0. The van der Waals surface area contributed by atoms with Crippen LogP contribution < -0.4 is 10.5 Å². The molecule has 23 heavy (non-hydrogen) atoms. The number of anilines is 1. The van der Waals surface area contributed by atoms with Crippen LogP contribution in [-0.2, 0) is 11.3 Å². The number of rotatable bonds is 5. The fraction of sp³-hybridized carbons (Fsp3) is 0.200. The average Bonchev–Trinajstić information content (AvgIpc) is 2.82. The Morgan fingerprint density at radius 1 is 1.52 bits per heavy atom. The van der Waals surface area contributed by atoms with Gasteiger partial charge in [0.05, 0.1) is 16.6 Å². The van der Waals surface area contributed by atoms with Crippen LogP contribution in [0.5, 0.6) is 5.75 Å². The van der Waals surface area contributed by atoms with E-state index in [0.717, 1.165) is 11.3 Å². The van der Waals surface area contributed by atoms with Crippen molar-refractivity contribution in [3.8, 4) is 11.8 Å². The molecule has 0 bridgehead atoms. The van der Waals surface area contributed by atoms with E-state index in [1.807, 2.05) is 6.07 Å². The number of halogens is 2. The molecule has 120 valence electrons. The van der Waals surface area contributed by atoms with E-state index in [-0.39, 0.29) is 28.7 Å². The molecule has 0 radical (unpaired) electrons. The molecule has 0 atom stereocenters. The minimum Gasteiger partial charge on any atom is -0.488 e. The highest BCUT2D eigenvalue weighted by Gasteiger charge is 2.23. The lowest BCUT2D eigenvalue weighted by Gasteiger charge is -2.09. The van der Waals surface area contributed by atoms with E-state index in [1.54, 1.807) is 25.1 Å². The maximum absolute atomic E-state index is 12.0. The summed E-state index contributed by atoms with van der Waals surface area (Å²) in [5.41, 5.74) is 6.48. The van der Waals surface area contributed by atoms with Crippen molar-refractivity contribution in [1.82, 2.24) is 0 Å². The van der Waals surface area contributed by atoms with Gasteiger partial charge in [-0.25, -0.2) is 4.79 Å². The minimum atomic E-state index is -0.514. The van der Waals surface area contributed by atoms with Crippen LogP contribution in [0.2, 0.25) is 5.02 Å². The van der Waals surface area contributed by atoms with E-state index in [1.165, 1.54) is 0 Å². The summed E-state index contributed by atoms with van der Waals surface area (Å²) in [4.78, 5) is 12.3. The van der Waals surface area contributed by atoms with Crippen molar-refractivity contribution in [3.05, 3.63) is 43.7 Å². The third-order valence-corrected chi connectivity index (χ3v) is 4.77. The zero-order valence-electron chi connectivity index (χ0n) is 12.1. The molecular formula is C15H12BrClN2O3S. The van der Waals surface area contributed by atoms with Crippen molar-refractivity contribution >= 4 is 49.8 Å². The Balaban J connectivity index is 2.31. The van der Waals surface area contributed by atoms with E-state index >= 15 is 0 Å². The molecule has 0 spiro atoms.